The van der Waals surface area contributed by atoms with Gasteiger partial charge in [-0.2, -0.15) is 4.99 Å². The zero-order chi connectivity index (χ0) is 16.6. The first-order valence-corrected chi connectivity index (χ1v) is 9.08. The van der Waals surface area contributed by atoms with Crippen LogP contribution < -0.4 is 0 Å². The lowest BCUT2D eigenvalue weighted by molar-refractivity contribution is 0.0676. The number of morpholine rings is 1. The van der Waals surface area contributed by atoms with E-state index in [0.717, 1.165) is 56.8 Å². The summed E-state index contributed by atoms with van der Waals surface area (Å²) in [5.41, 5.74) is 0.955. The smallest absolute Gasteiger partial charge is 0.227 e. The molecule has 0 radical (unpaired) electrons. The van der Waals surface area contributed by atoms with Gasteiger partial charge in [-0.25, -0.2) is 4.99 Å². The van der Waals surface area contributed by atoms with Crippen molar-refractivity contribution in [2.75, 3.05) is 39.9 Å². The molecule has 2 aliphatic heterocycles. The van der Waals surface area contributed by atoms with E-state index < -0.39 is 0 Å². The molecule has 0 atom stereocenters. The van der Waals surface area contributed by atoms with Crippen LogP contribution in [0.3, 0.4) is 0 Å². The summed E-state index contributed by atoms with van der Waals surface area (Å²) in [7, 11) is 2.16. The molecule has 130 valence electrons. The number of hydrogen-bond acceptors (Lipinski definition) is 2. The molecule has 2 saturated heterocycles. The van der Waals surface area contributed by atoms with Gasteiger partial charge in [0.2, 0.25) is 5.96 Å². The predicted octanol–water partition coefficient (Wildman–Crippen LogP) is 3.30. The molecule has 1 aromatic rings. The minimum Gasteiger partial charge on any atom is -0.378 e. The van der Waals surface area contributed by atoms with E-state index in [1.807, 2.05) is 30.3 Å². The van der Waals surface area contributed by atoms with Crippen molar-refractivity contribution in [1.82, 2.24) is 9.80 Å². The number of guanidine groups is 1. The van der Waals surface area contributed by atoms with Crippen molar-refractivity contribution in [1.29, 1.82) is 0 Å². The molecule has 2 heterocycles. The monoisotopic (exact) mass is 328 g/mol. The minimum absolute atomic E-state index is 0.745. The van der Waals surface area contributed by atoms with Crippen LogP contribution in [0.15, 0.2) is 40.3 Å². The number of benzene rings is 1. The van der Waals surface area contributed by atoms with Crippen molar-refractivity contribution in [2.24, 2.45) is 9.98 Å². The maximum Gasteiger partial charge on any atom is 0.227 e. The Balaban J connectivity index is 1.87. The molecular formula is C19H28N4O. The van der Waals surface area contributed by atoms with Gasteiger partial charge in [-0.05, 0) is 25.0 Å². The average Bonchev–Trinajstić information content (AvgIpc) is 2.62. The Morgan fingerprint density at radius 1 is 0.958 bits per heavy atom. The third-order valence-corrected chi connectivity index (χ3v) is 4.59. The summed E-state index contributed by atoms with van der Waals surface area (Å²) in [4.78, 5) is 14.4. The highest BCUT2D eigenvalue weighted by Gasteiger charge is 2.18. The molecule has 3 rings (SSSR count). The van der Waals surface area contributed by atoms with Crippen molar-refractivity contribution in [3.05, 3.63) is 30.3 Å². The van der Waals surface area contributed by atoms with Gasteiger partial charge in [-0.15, -0.1) is 0 Å². The van der Waals surface area contributed by atoms with Gasteiger partial charge in [0, 0.05) is 33.1 Å². The van der Waals surface area contributed by atoms with Gasteiger partial charge in [0.25, 0.3) is 0 Å². The fourth-order valence-electron chi connectivity index (χ4n) is 3.11. The Hall–Kier alpha value is -1.88. The molecule has 0 unspecified atom stereocenters. The average molecular weight is 328 g/mol. The lowest BCUT2D eigenvalue weighted by Crippen LogP contribution is -2.41. The third kappa shape index (κ3) is 4.81. The number of likely N-dealkylation sites (tertiary alicyclic amines) is 1. The Morgan fingerprint density at radius 3 is 2.50 bits per heavy atom. The SMILES string of the molecule is CN1CCCCCCC1=NC(=Nc1ccccc1)N1CCOCC1. The topological polar surface area (TPSA) is 40.4 Å². The van der Waals surface area contributed by atoms with Gasteiger partial charge in [-0.1, -0.05) is 31.0 Å². The van der Waals surface area contributed by atoms with Crippen LogP contribution in [0, 0.1) is 0 Å². The molecular weight excluding hydrogens is 300 g/mol. The molecule has 0 saturated carbocycles. The van der Waals surface area contributed by atoms with E-state index in [2.05, 4.69) is 16.8 Å². The Bertz CT molecular complexity index is 564. The standard InChI is InChI=1S/C19H28N4O/c1-22-12-8-3-2-7-11-18(22)21-19(23-13-15-24-16-14-23)20-17-9-5-4-6-10-17/h4-6,9-10H,2-3,7-8,11-16H2,1H3. The first-order chi connectivity index (χ1) is 11.8. The van der Waals surface area contributed by atoms with E-state index in [4.69, 9.17) is 14.7 Å². The number of rotatable bonds is 1. The molecule has 5 heteroatoms. The number of amidine groups is 1. The van der Waals surface area contributed by atoms with Crippen molar-refractivity contribution in [2.45, 2.75) is 32.1 Å². The Morgan fingerprint density at radius 2 is 1.71 bits per heavy atom. The Labute approximate surface area is 145 Å². The highest BCUT2D eigenvalue weighted by molar-refractivity contribution is 5.97. The van der Waals surface area contributed by atoms with Crippen LogP contribution in [0.5, 0.6) is 0 Å². The van der Waals surface area contributed by atoms with Gasteiger partial charge >= 0.3 is 0 Å². The number of ether oxygens (including phenoxy) is 1. The third-order valence-electron chi connectivity index (χ3n) is 4.59. The molecule has 0 N–H and O–H groups in total. The van der Waals surface area contributed by atoms with Gasteiger partial charge in [0.1, 0.15) is 5.84 Å². The highest BCUT2D eigenvalue weighted by atomic mass is 16.5. The molecule has 24 heavy (non-hydrogen) atoms. The minimum atomic E-state index is 0.745. The molecule has 0 spiro atoms. The van der Waals surface area contributed by atoms with Crippen molar-refractivity contribution >= 4 is 17.5 Å². The molecule has 0 amide bonds. The molecule has 2 fully saturated rings. The first kappa shape index (κ1) is 17.0. The van der Waals surface area contributed by atoms with Crippen LogP contribution in [-0.4, -0.2) is 61.5 Å². The maximum absolute atomic E-state index is 5.49. The maximum atomic E-state index is 5.49. The van der Waals surface area contributed by atoms with E-state index in [1.54, 1.807) is 0 Å². The molecule has 0 aliphatic carbocycles. The van der Waals surface area contributed by atoms with Crippen molar-refractivity contribution in [3.8, 4) is 0 Å². The zero-order valence-electron chi connectivity index (χ0n) is 14.7. The highest BCUT2D eigenvalue weighted by Crippen LogP contribution is 2.16. The fourth-order valence-corrected chi connectivity index (χ4v) is 3.11. The number of hydrogen-bond donors (Lipinski definition) is 0. The lowest BCUT2D eigenvalue weighted by atomic mass is 10.1. The van der Waals surface area contributed by atoms with E-state index in [0.29, 0.717) is 0 Å². The summed E-state index contributed by atoms with van der Waals surface area (Å²) in [6.07, 6.45) is 6.12. The molecule has 2 aliphatic rings. The zero-order valence-corrected chi connectivity index (χ0v) is 14.7. The van der Waals surface area contributed by atoms with Crippen LogP contribution in [0.4, 0.5) is 5.69 Å². The normalized spacial score (nSPS) is 22.4. The predicted molar refractivity (Wildman–Crippen MR) is 99.1 cm³/mol. The summed E-state index contributed by atoms with van der Waals surface area (Å²) in [6.45, 7) is 4.28. The summed E-state index contributed by atoms with van der Waals surface area (Å²) in [5.74, 6) is 1.99. The van der Waals surface area contributed by atoms with Gasteiger partial charge < -0.3 is 14.5 Å². The number of aliphatic imine (C=N–C) groups is 2. The number of para-hydroxylation sites is 1. The lowest BCUT2D eigenvalue weighted by Gasteiger charge is -2.30. The summed E-state index contributed by atoms with van der Waals surface area (Å²) in [6, 6.07) is 10.1. The molecule has 0 bridgehead atoms. The Kier molecular flexibility index (Phi) is 6.24. The summed E-state index contributed by atoms with van der Waals surface area (Å²) in [5, 5.41) is 0. The quantitative estimate of drug-likeness (QED) is 0.587. The first-order valence-electron chi connectivity index (χ1n) is 9.08. The second-order valence-electron chi connectivity index (χ2n) is 6.46. The van der Waals surface area contributed by atoms with Crippen molar-refractivity contribution < 1.29 is 4.74 Å². The van der Waals surface area contributed by atoms with Crippen LogP contribution in [0.2, 0.25) is 0 Å². The van der Waals surface area contributed by atoms with Crippen LogP contribution in [-0.2, 0) is 4.74 Å². The second kappa shape index (κ2) is 8.83. The van der Waals surface area contributed by atoms with Gasteiger partial charge in [-0.3, -0.25) is 0 Å². The fraction of sp³-hybridized carbons (Fsp3) is 0.579. The van der Waals surface area contributed by atoms with Crippen LogP contribution in [0.1, 0.15) is 32.1 Å². The summed E-state index contributed by atoms with van der Waals surface area (Å²) < 4.78 is 5.49. The summed E-state index contributed by atoms with van der Waals surface area (Å²) >= 11 is 0. The van der Waals surface area contributed by atoms with Gasteiger partial charge in [0.15, 0.2) is 0 Å². The van der Waals surface area contributed by atoms with Crippen LogP contribution in [0.25, 0.3) is 0 Å². The van der Waals surface area contributed by atoms with Crippen molar-refractivity contribution in [3.63, 3.8) is 0 Å². The number of nitrogens with zero attached hydrogens (tertiary/aromatic N) is 4. The van der Waals surface area contributed by atoms with E-state index in [9.17, 15) is 0 Å². The largest absolute Gasteiger partial charge is 0.378 e. The molecule has 1 aromatic carbocycles. The second-order valence-corrected chi connectivity index (χ2v) is 6.46. The molecule has 5 nitrogen and oxygen atoms in total. The van der Waals surface area contributed by atoms with E-state index in [-0.39, 0.29) is 0 Å². The van der Waals surface area contributed by atoms with E-state index >= 15 is 0 Å². The van der Waals surface area contributed by atoms with Crippen LogP contribution >= 0.6 is 0 Å². The van der Waals surface area contributed by atoms with Gasteiger partial charge in [0.05, 0.1) is 18.9 Å². The van der Waals surface area contributed by atoms with E-state index in [1.165, 1.54) is 25.7 Å². The molecule has 0 aromatic heterocycles.